The van der Waals surface area contributed by atoms with Crippen molar-refractivity contribution in [2.24, 2.45) is 5.41 Å². The molecule has 3 heterocycles. The van der Waals surface area contributed by atoms with Crippen LogP contribution in [0.2, 0.25) is 0 Å². The van der Waals surface area contributed by atoms with Gasteiger partial charge < -0.3 is 15.1 Å². The van der Waals surface area contributed by atoms with E-state index in [4.69, 9.17) is 0 Å². The Hall–Kier alpha value is -3.03. The molecule has 8 heteroatoms. The maximum absolute atomic E-state index is 13.0. The van der Waals surface area contributed by atoms with Crippen LogP contribution in [0.4, 0.5) is 5.95 Å². The van der Waals surface area contributed by atoms with E-state index >= 15 is 0 Å². The summed E-state index contributed by atoms with van der Waals surface area (Å²) in [6.07, 6.45) is 8.05. The molecule has 2 amide bonds. The second-order valence-electron chi connectivity index (χ2n) is 6.95. The zero-order valence-corrected chi connectivity index (χ0v) is 15.0. The monoisotopic (exact) mass is 366 g/mol. The van der Waals surface area contributed by atoms with Crippen molar-refractivity contribution in [2.45, 2.75) is 19.4 Å². The van der Waals surface area contributed by atoms with Crippen LogP contribution in [-0.2, 0) is 16.1 Å². The van der Waals surface area contributed by atoms with E-state index in [0.29, 0.717) is 51.5 Å². The third-order valence-electron chi connectivity index (χ3n) is 5.20. The number of nitrogens with zero attached hydrogens (tertiary/aromatic N) is 5. The van der Waals surface area contributed by atoms with Gasteiger partial charge in [-0.3, -0.25) is 14.6 Å². The molecule has 140 valence electrons. The molecule has 0 atom stereocenters. The molecule has 0 unspecified atom stereocenters. The number of rotatable bonds is 5. The zero-order chi connectivity index (χ0) is 18.7. The lowest BCUT2D eigenvalue weighted by Crippen LogP contribution is -2.53. The normalized spacial score (nSPS) is 18.1. The number of carbonyl (C=O) groups is 2. The molecule has 2 aromatic rings. The lowest BCUT2D eigenvalue weighted by atomic mass is 10.0. The predicted octanol–water partition coefficient (Wildman–Crippen LogP) is 0.617. The molecule has 27 heavy (non-hydrogen) atoms. The van der Waals surface area contributed by atoms with Gasteiger partial charge in [-0.2, -0.15) is 0 Å². The highest BCUT2D eigenvalue weighted by atomic mass is 16.2. The minimum absolute atomic E-state index is 0.0524. The van der Waals surface area contributed by atoms with Crippen molar-refractivity contribution in [1.82, 2.24) is 25.2 Å². The summed E-state index contributed by atoms with van der Waals surface area (Å²) in [6, 6.07) is 5.49. The molecule has 1 aliphatic carbocycles. The molecule has 0 bridgehead atoms. The molecule has 1 aliphatic heterocycles. The van der Waals surface area contributed by atoms with Crippen LogP contribution in [0, 0.1) is 5.41 Å². The van der Waals surface area contributed by atoms with Gasteiger partial charge in [-0.1, -0.05) is 0 Å². The fourth-order valence-corrected chi connectivity index (χ4v) is 3.38. The van der Waals surface area contributed by atoms with Crippen molar-refractivity contribution in [3.05, 3.63) is 48.5 Å². The summed E-state index contributed by atoms with van der Waals surface area (Å²) < 4.78 is 0. The van der Waals surface area contributed by atoms with Gasteiger partial charge in [0.25, 0.3) is 0 Å². The van der Waals surface area contributed by atoms with E-state index < -0.39 is 5.41 Å². The molecule has 1 saturated heterocycles. The minimum atomic E-state index is -0.877. The number of piperazine rings is 1. The summed E-state index contributed by atoms with van der Waals surface area (Å²) in [6.45, 7) is 2.91. The third-order valence-corrected chi connectivity index (χ3v) is 5.20. The van der Waals surface area contributed by atoms with E-state index in [2.05, 4.69) is 25.2 Å². The highest BCUT2D eigenvalue weighted by Crippen LogP contribution is 2.47. The molecule has 0 aromatic carbocycles. The fraction of sp³-hybridized carbons (Fsp3) is 0.421. The Bertz CT molecular complexity index is 801. The van der Waals surface area contributed by atoms with Gasteiger partial charge in [-0.15, -0.1) is 0 Å². The molecule has 4 rings (SSSR count). The number of aromatic nitrogens is 3. The van der Waals surface area contributed by atoms with E-state index in [1.165, 1.54) is 0 Å². The average molecular weight is 366 g/mol. The second kappa shape index (κ2) is 7.30. The average Bonchev–Trinajstić information content (AvgIpc) is 3.55. The SMILES string of the molecule is O=C(NCc1ccncc1)C1(C(=O)N2CCN(c3ncccn3)CC2)CC1. The Labute approximate surface area is 157 Å². The van der Waals surface area contributed by atoms with Crippen molar-refractivity contribution in [3.8, 4) is 0 Å². The van der Waals surface area contributed by atoms with E-state index in [0.717, 1.165) is 5.56 Å². The Morgan fingerprint density at radius 1 is 1.00 bits per heavy atom. The smallest absolute Gasteiger partial charge is 0.238 e. The van der Waals surface area contributed by atoms with Gasteiger partial charge in [0, 0.05) is 57.5 Å². The molecular formula is C19H22N6O2. The largest absolute Gasteiger partial charge is 0.351 e. The van der Waals surface area contributed by atoms with E-state index in [1.54, 1.807) is 35.8 Å². The third kappa shape index (κ3) is 3.60. The lowest BCUT2D eigenvalue weighted by molar-refractivity contribution is -0.144. The van der Waals surface area contributed by atoms with Gasteiger partial charge >= 0.3 is 0 Å². The molecule has 1 N–H and O–H groups in total. The summed E-state index contributed by atoms with van der Waals surface area (Å²) in [7, 11) is 0. The summed E-state index contributed by atoms with van der Waals surface area (Å²) in [5.74, 6) is 0.460. The van der Waals surface area contributed by atoms with Crippen LogP contribution in [0.3, 0.4) is 0 Å². The van der Waals surface area contributed by atoms with Crippen molar-refractivity contribution in [1.29, 1.82) is 0 Å². The van der Waals surface area contributed by atoms with Gasteiger partial charge in [0.2, 0.25) is 17.8 Å². The van der Waals surface area contributed by atoms with Crippen LogP contribution >= 0.6 is 0 Å². The fourth-order valence-electron chi connectivity index (χ4n) is 3.38. The van der Waals surface area contributed by atoms with Gasteiger partial charge in [0.05, 0.1) is 0 Å². The van der Waals surface area contributed by atoms with Crippen LogP contribution in [0.5, 0.6) is 0 Å². The first-order valence-electron chi connectivity index (χ1n) is 9.18. The molecule has 2 aromatic heterocycles. The molecule has 1 saturated carbocycles. The zero-order valence-electron chi connectivity index (χ0n) is 15.0. The van der Waals surface area contributed by atoms with E-state index in [-0.39, 0.29) is 11.8 Å². The number of hydrogen-bond acceptors (Lipinski definition) is 6. The summed E-state index contributed by atoms with van der Waals surface area (Å²) >= 11 is 0. The molecule has 2 aliphatic rings. The van der Waals surface area contributed by atoms with Crippen LogP contribution in [0.15, 0.2) is 43.0 Å². The number of carbonyl (C=O) groups excluding carboxylic acids is 2. The maximum Gasteiger partial charge on any atom is 0.238 e. The molecule has 0 spiro atoms. The van der Waals surface area contributed by atoms with Crippen molar-refractivity contribution >= 4 is 17.8 Å². The molecule has 8 nitrogen and oxygen atoms in total. The van der Waals surface area contributed by atoms with E-state index in [1.807, 2.05) is 12.1 Å². The molecule has 0 radical (unpaired) electrons. The summed E-state index contributed by atoms with van der Waals surface area (Å²) in [5, 5.41) is 2.91. The number of amides is 2. The van der Waals surface area contributed by atoms with Crippen LogP contribution in [-0.4, -0.2) is 57.8 Å². The predicted molar refractivity (Wildman–Crippen MR) is 98.6 cm³/mol. The van der Waals surface area contributed by atoms with Crippen molar-refractivity contribution in [2.75, 3.05) is 31.1 Å². The summed E-state index contributed by atoms with van der Waals surface area (Å²) in [5.41, 5.74) is 0.0939. The Morgan fingerprint density at radius 2 is 1.67 bits per heavy atom. The topological polar surface area (TPSA) is 91.3 Å². The number of pyridine rings is 1. The molecular weight excluding hydrogens is 344 g/mol. The maximum atomic E-state index is 13.0. The van der Waals surface area contributed by atoms with Crippen molar-refractivity contribution < 1.29 is 9.59 Å². The Kier molecular flexibility index (Phi) is 4.70. The Morgan fingerprint density at radius 3 is 2.30 bits per heavy atom. The number of hydrogen-bond donors (Lipinski definition) is 1. The van der Waals surface area contributed by atoms with Crippen LogP contribution < -0.4 is 10.2 Å². The van der Waals surface area contributed by atoms with Gasteiger partial charge in [0.1, 0.15) is 5.41 Å². The van der Waals surface area contributed by atoms with E-state index in [9.17, 15) is 9.59 Å². The first-order valence-corrected chi connectivity index (χ1v) is 9.18. The first-order chi connectivity index (χ1) is 13.2. The van der Waals surface area contributed by atoms with Gasteiger partial charge in [-0.25, -0.2) is 9.97 Å². The highest BCUT2D eigenvalue weighted by molar-refractivity contribution is 6.07. The van der Waals surface area contributed by atoms with Crippen LogP contribution in [0.25, 0.3) is 0 Å². The first kappa shape index (κ1) is 17.4. The van der Waals surface area contributed by atoms with Crippen LogP contribution in [0.1, 0.15) is 18.4 Å². The number of nitrogens with one attached hydrogen (secondary N) is 1. The quantitative estimate of drug-likeness (QED) is 0.780. The van der Waals surface area contributed by atoms with Crippen molar-refractivity contribution in [3.63, 3.8) is 0 Å². The standard InChI is InChI=1S/C19H22N6O2/c26-16(23-14-15-2-8-20-9-3-15)19(4-5-19)17(27)24-10-12-25(13-11-24)18-21-6-1-7-22-18/h1-3,6-9H,4-5,10-14H2,(H,23,26). The minimum Gasteiger partial charge on any atom is -0.351 e. The lowest BCUT2D eigenvalue weighted by Gasteiger charge is -2.36. The highest BCUT2D eigenvalue weighted by Gasteiger charge is 2.58. The van der Waals surface area contributed by atoms with Gasteiger partial charge in [0.15, 0.2) is 0 Å². The Balaban J connectivity index is 1.33. The number of anilines is 1. The second-order valence-corrected chi connectivity index (χ2v) is 6.95. The molecule has 2 fully saturated rings. The summed E-state index contributed by atoms with van der Waals surface area (Å²) in [4.78, 5) is 42.0. The van der Waals surface area contributed by atoms with Gasteiger partial charge in [-0.05, 0) is 36.6 Å².